The number of hydrogen-bond acceptors (Lipinski definition) is 2. The van der Waals surface area contributed by atoms with E-state index in [0.29, 0.717) is 0 Å². The molecule has 0 amide bonds. The van der Waals surface area contributed by atoms with Crippen LogP contribution < -0.4 is 11.1 Å². The highest BCUT2D eigenvalue weighted by Gasteiger charge is 1.93. The molecular weight excluding hydrogens is 256 g/mol. The van der Waals surface area contributed by atoms with Gasteiger partial charge in [-0.25, -0.2) is 0 Å². The molecule has 0 aliphatic heterocycles. The molecule has 0 atom stereocenters. The van der Waals surface area contributed by atoms with Crippen molar-refractivity contribution >= 4 is 0 Å². The van der Waals surface area contributed by atoms with E-state index in [9.17, 15) is 0 Å². The summed E-state index contributed by atoms with van der Waals surface area (Å²) in [4.78, 5) is 0. The molecule has 3 N–H and O–H groups in total. The Hall–Kier alpha value is -0.0800. The third kappa shape index (κ3) is 19.9. The smallest absolute Gasteiger partial charge is 0.00489 e. The lowest BCUT2D eigenvalue weighted by atomic mass is 10.1. The lowest BCUT2D eigenvalue weighted by molar-refractivity contribution is 0.533. The molecule has 2 heteroatoms. The predicted octanol–water partition coefficient (Wildman–Crippen LogP) is 5.41. The van der Waals surface area contributed by atoms with Gasteiger partial charge in [-0.3, -0.25) is 0 Å². The van der Waals surface area contributed by atoms with E-state index in [0.717, 1.165) is 6.54 Å². The van der Waals surface area contributed by atoms with Gasteiger partial charge in [0.2, 0.25) is 0 Å². The standard InChI is InChI=1S/C19H42N2/c1-2-3-4-5-6-7-9-12-15-18-21-19-16-13-10-8-11-14-17-20/h21H,2-20H2,1H3. The monoisotopic (exact) mass is 298 g/mol. The molecule has 2 nitrogen and oxygen atoms in total. The molecule has 0 fully saturated rings. The third-order valence-corrected chi connectivity index (χ3v) is 4.26. The first-order valence-corrected chi connectivity index (χ1v) is 9.82. The van der Waals surface area contributed by atoms with Crippen LogP contribution in [0.2, 0.25) is 0 Å². The molecule has 0 aromatic carbocycles. The molecule has 0 rings (SSSR count). The highest BCUT2D eigenvalue weighted by atomic mass is 14.8. The van der Waals surface area contributed by atoms with Crippen molar-refractivity contribution in [3.05, 3.63) is 0 Å². The van der Waals surface area contributed by atoms with E-state index in [4.69, 9.17) is 5.73 Å². The van der Waals surface area contributed by atoms with Gasteiger partial charge >= 0.3 is 0 Å². The molecule has 0 aliphatic rings. The number of nitrogens with two attached hydrogens (primary N) is 1. The fourth-order valence-electron chi connectivity index (χ4n) is 2.79. The molecule has 0 aromatic heterocycles. The van der Waals surface area contributed by atoms with Gasteiger partial charge in [0.25, 0.3) is 0 Å². The third-order valence-electron chi connectivity index (χ3n) is 4.26. The van der Waals surface area contributed by atoms with E-state index in [2.05, 4.69) is 12.2 Å². The zero-order valence-corrected chi connectivity index (χ0v) is 14.8. The average molecular weight is 299 g/mol. The van der Waals surface area contributed by atoms with Crippen LogP contribution >= 0.6 is 0 Å². The summed E-state index contributed by atoms with van der Waals surface area (Å²) in [6.45, 7) is 5.59. The van der Waals surface area contributed by atoms with Crippen LogP contribution in [0.4, 0.5) is 0 Å². The Morgan fingerprint density at radius 1 is 0.524 bits per heavy atom. The van der Waals surface area contributed by atoms with Gasteiger partial charge in [0, 0.05) is 0 Å². The first-order chi connectivity index (χ1) is 10.4. The summed E-state index contributed by atoms with van der Waals surface area (Å²) < 4.78 is 0. The molecule has 0 unspecified atom stereocenters. The second kappa shape index (κ2) is 19.9. The van der Waals surface area contributed by atoms with Crippen molar-refractivity contribution in [3.63, 3.8) is 0 Å². The highest BCUT2D eigenvalue weighted by Crippen LogP contribution is 2.09. The van der Waals surface area contributed by atoms with Crippen LogP contribution in [0, 0.1) is 0 Å². The van der Waals surface area contributed by atoms with Crippen molar-refractivity contribution in [1.82, 2.24) is 5.32 Å². The number of hydrogen-bond donors (Lipinski definition) is 2. The summed E-state index contributed by atoms with van der Waals surface area (Å²) in [5.41, 5.74) is 5.48. The van der Waals surface area contributed by atoms with Crippen LogP contribution in [-0.4, -0.2) is 19.6 Å². The minimum atomic E-state index is 0.861. The van der Waals surface area contributed by atoms with Crippen molar-refractivity contribution in [3.8, 4) is 0 Å². The minimum Gasteiger partial charge on any atom is -0.330 e. The Morgan fingerprint density at radius 2 is 0.905 bits per heavy atom. The first-order valence-electron chi connectivity index (χ1n) is 9.82. The van der Waals surface area contributed by atoms with Gasteiger partial charge in [0.15, 0.2) is 0 Å². The molecular formula is C19H42N2. The molecule has 0 aromatic rings. The Bertz CT molecular complexity index is 153. The van der Waals surface area contributed by atoms with Crippen LogP contribution in [0.25, 0.3) is 0 Å². The van der Waals surface area contributed by atoms with Gasteiger partial charge < -0.3 is 11.1 Å². The summed E-state index contributed by atoms with van der Waals surface area (Å²) >= 11 is 0. The van der Waals surface area contributed by atoms with Crippen molar-refractivity contribution < 1.29 is 0 Å². The van der Waals surface area contributed by atoms with Gasteiger partial charge in [0.1, 0.15) is 0 Å². The molecule has 0 aliphatic carbocycles. The van der Waals surface area contributed by atoms with Crippen LogP contribution in [0.1, 0.15) is 103 Å². The first kappa shape index (κ1) is 20.9. The van der Waals surface area contributed by atoms with Crippen molar-refractivity contribution in [2.24, 2.45) is 5.73 Å². The molecule has 0 bridgehead atoms. The topological polar surface area (TPSA) is 38.0 Å². The summed E-state index contributed by atoms with van der Waals surface area (Å²) in [5.74, 6) is 0. The van der Waals surface area contributed by atoms with E-state index >= 15 is 0 Å². The molecule has 128 valence electrons. The second-order valence-electron chi connectivity index (χ2n) is 6.49. The van der Waals surface area contributed by atoms with E-state index in [1.54, 1.807) is 0 Å². The van der Waals surface area contributed by atoms with Crippen molar-refractivity contribution in [2.75, 3.05) is 19.6 Å². The second-order valence-corrected chi connectivity index (χ2v) is 6.49. The largest absolute Gasteiger partial charge is 0.330 e. The molecule has 0 heterocycles. The van der Waals surface area contributed by atoms with Crippen LogP contribution in [-0.2, 0) is 0 Å². The van der Waals surface area contributed by atoms with Crippen molar-refractivity contribution in [2.45, 2.75) is 103 Å². The molecule has 21 heavy (non-hydrogen) atoms. The normalized spacial score (nSPS) is 11.1. The zero-order chi connectivity index (χ0) is 15.4. The van der Waals surface area contributed by atoms with Crippen molar-refractivity contribution in [1.29, 1.82) is 0 Å². The minimum absolute atomic E-state index is 0.861. The quantitative estimate of drug-likeness (QED) is 0.332. The van der Waals surface area contributed by atoms with Gasteiger partial charge in [-0.05, 0) is 38.9 Å². The molecule has 0 saturated carbocycles. The predicted molar refractivity (Wildman–Crippen MR) is 96.9 cm³/mol. The van der Waals surface area contributed by atoms with E-state index < -0.39 is 0 Å². The van der Waals surface area contributed by atoms with Gasteiger partial charge in [0.05, 0.1) is 0 Å². The van der Waals surface area contributed by atoms with E-state index in [1.807, 2.05) is 0 Å². The van der Waals surface area contributed by atoms with Gasteiger partial charge in [-0.15, -0.1) is 0 Å². The average Bonchev–Trinajstić information content (AvgIpc) is 2.50. The van der Waals surface area contributed by atoms with Gasteiger partial charge in [-0.2, -0.15) is 0 Å². The maximum absolute atomic E-state index is 5.48. The Kier molecular flexibility index (Phi) is 19.8. The number of nitrogens with one attached hydrogen (secondary N) is 1. The molecule has 0 saturated heterocycles. The summed E-state index contributed by atoms with van der Waals surface area (Å²) in [6, 6.07) is 0. The van der Waals surface area contributed by atoms with E-state index in [-0.39, 0.29) is 0 Å². The lowest BCUT2D eigenvalue weighted by Crippen LogP contribution is -2.16. The van der Waals surface area contributed by atoms with Crippen LogP contribution in [0.5, 0.6) is 0 Å². The Labute approximate surface area is 134 Å². The van der Waals surface area contributed by atoms with Gasteiger partial charge in [-0.1, -0.05) is 84.0 Å². The van der Waals surface area contributed by atoms with E-state index in [1.165, 1.54) is 109 Å². The Morgan fingerprint density at radius 3 is 1.33 bits per heavy atom. The Balaban J connectivity index is 2.90. The maximum atomic E-state index is 5.48. The number of rotatable bonds is 18. The maximum Gasteiger partial charge on any atom is -0.00489 e. The lowest BCUT2D eigenvalue weighted by Gasteiger charge is -2.05. The molecule has 0 radical (unpaired) electrons. The SMILES string of the molecule is CCCCCCCCCCCNCCCCCCCCN. The highest BCUT2D eigenvalue weighted by molar-refractivity contribution is 4.52. The van der Waals surface area contributed by atoms with Crippen LogP contribution in [0.3, 0.4) is 0 Å². The van der Waals surface area contributed by atoms with Crippen LogP contribution in [0.15, 0.2) is 0 Å². The summed E-state index contributed by atoms with van der Waals surface area (Å²) in [5, 5.41) is 3.59. The molecule has 0 spiro atoms. The summed E-state index contributed by atoms with van der Waals surface area (Å²) in [7, 11) is 0. The fraction of sp³-hybridized carbons (Fsp3) is 1.00. The zero-order valence-electron chi connectivity index (χ0n) is 14.8. The summed E-state index contributed by atoms with van der Waals surface area (Å²) in [6.07, 6.45) is 20.8. The fourth-order valence-corrected chi connectivity index (χ4v) is 2.79. The number of unbranched alkanes of at least 4 members (excludes halogenated alkanes) is 13.